The van der Waals surface area contributed by atoms with E-state index in [-0.39, 0.29) is 23.8 Å². The maximum atomic E-state index is 12.6. The number of pyridine rings is 1. The van der Waals surface area contributed by atoms with E-state index in [1.165, 1.54) is 0 Å². The lowest BCUT2D eigenvalue weighted by molar-refractivity contribution is 0.0673. The third-order valence-corrected chi connectivity index (χ3v) is 5.13. The fourth-order valence-corrected chi connectivity index (χ4v) is 3.77. The van der Waals surface area contributed by atoms with Crippen molar-refractivity contribution < 1.29 is 17.9 Å². The van der Waals surface area contributed by atoms with Crippen LogP contribution in [0.25, 0.3) is 0 Å². The predicted octanol–water partition coefficient (Wildman–Crippen LogP) is 0.0262. The van der Waals surface area contributed by atoms with Gasteiger partial charge in [0.1, 0.15) is 5.69 Å². The lowest BCUT2D eigenvalue weighted by atomic mass is 9.93. The third-order valence-electron chi connectivity index (χ3n) is 4.44. The quantitative estimate of drug-likeness (QED) is 0.836. The van der Waals surface area contributed by atoms with Crippen molar-refractivity contribution in [2.24, 2.45) is 11.8 Å². The molecule has 3 atom stereocenters. The number of ether oxygens (including phenoxy) is 1. The first-order valence-electron chi connectivity index (χ1n) is 7.62. The summed E-state index contributed by atoms with van der Waals surface area (Å²) < 4.78 is 30.8. The van der Waals surface area contributed by atoms with Crippen molar-refractivity contribution in [2.45, 2.75) is 13.0 Å². The van der Waals surface area contributed by atoms with Crippen molar-refractivity contribution >= 4 is 15.9 Å². The minimum atomic E-state index is -3.21. The molecule has 3 heterocycles. The third kappa shape index (κ3) is 3.70. The molecule has 2 saturated heterocycles. The number of sulfonamides is 1. The predicted molar refractivity (Wildman–Crippen MR) is 84.4 cm³/mol. The highest BCUT2D eigenvalue weighted by Crippen LogP contribution is 2.33. The Hall–Kier alpha value is -1.51. The number of nitrogens with zero attached hydrogens (tertiary/aromatic N) is 2. The Morgan fingerprint density at radius 2 is 2.22 bits per heavy atom. The molecule has 1 aromatic heterocycles. The first kappa shape index (κ1) is 16.4. The van der Waals surface area contributed by atoms with E-state index in [1.54, 1.807) is 11.0 Å². The number of hydrogen-bond donors (Lipinski definition) is 1. The molecule has 1 aromatic rings. The molecule has 2 aliphatic heterocycles. The van der Waals surface area contributed by atoms with Crippen LogP contribution in [0.4, 0.5) is 0 Å². The maximum absolute atomic E-state index is 12.6. The fourth-order valence-electron chi connectivity index (χ4n) is 3.26. The zero-order chi connectivity index (χ0) is 16.6. The molecule has 0 aromatic carbocycles. The molecule has 2 aliphatic rings. The van der Waals surface area contributed by atoms with Crippen LogP contribution in [0.5, 0.6) is 0 Å². The number of hydrogen-bond acceptors (Lipinski definition) is 5. The zero-order valence-corrected chi connectivity index (χ0v) is 14.0. The molecule has 2 fully saturated rings. The van der Waals surface area contributed by atoms with Crippen LogP contribution in [0.1, 0.15) is 16.2 Å². The highest BCUT2D eigenvalue weighted by molar-refractivity contribution is 7.88. The summed E-state index contributed by atoms with van der Waals surface area (Å²) in [4.78, 5) is 18.6. The molecule has 23 heavy (non-hydrogen) atoms. The van der Waals surface area contributed by atoms with Crippen LogP contribution in [0, 0.1) is 18.8 Å². The van der Waals surface area contributed by atoms with Gasteiger partial charge in [0.25, 0.3) is 5.91 Å². The van der Waals surface area contributed by atoms with Crippen molar-refractivity contribution in [3.8, 4) is 0 Å². The van der Waals surface area contributed by atoms with E-state index in [0.29, 0.717) is 31.9 Å². The summed E-state index contributed by atoms with van der Waals surface area (Å²) in [5, 5.41) is 0. The first-order valence-corrected chi connectivity index (χ1v) is 9.52. The number of fused-ring (bicyclic) bond motifs is 1. The number of likely N-dealkylation sites (tertiary alicyclic amines) is 1. The van der Waals surface area contributed by atoms with Gasteiger partial charge in [-0.1, -0.05) is 6.07 Å². The van der Waals surface area contributed by atoms with Crippen LogP contribution < -0.4 is 4.72 Å². The van der Waals surface area contributed by atoms with E-state index < -0.39 is 10.0 Å². The second kappa shape index (κ2) is 6.18. The van der Waals surface area contributed by atoms with Crippen molar-refractivity contribution in [1.82, 2.24) is 14.6 Å². The highest BCUT2D eigenvalue weighted by Gasteiger charge is 2.45. The van der Waals surface area contributed by atoms with Crippen molar-refractivity contribution in [3.05, 3.63) is 29.6 Å². The average Bonchev–Trinajstić information content (AvgIpc) is 3.04. The Morgan fingerprint density at radius 1 is 1.43 bits per heavy atom. The number of aromatic nitrogens is 1. The van der Waals surface area contributed by atoms with Crippen LogP contribution in [0.15, 0.2) is 18.2 Å². The Labute approximate surface area is 136 Å². The van der Waals surface area contributed by atoms with Crippen LogP contribution in [-0.4, -0.2) is 62.8 Å². The molecule has 0 bridgehead atoms. The number of carbonyl (C=O) groups is 1. The lowest BCUT2D eigenvalue weighted by Gasteiger charge is -2.19. The number of nitrogens with one attached hydrogen (secondary N) is 1. The fraction of sp³-hybridized carbons (Fsp3) is 0.600. The van der Waals surface area contributed by atoms with Gasteiger partial charge in [-0.25, -0.2) is 18.1 Å². The zero-order valence-electron chi connectivity index (χ0n) is 13.2. The van der Waals surface area contributed by atoms with Crippen molar-refractivity contribution in [3.63, 3.8) is 0 Å². The van der Waals surface area contributed by atoms with E-state index in [4.69, 9.17) is 4.74 Å². The molecular weight excluding hydrogens is 318 g/mol. The van der Waals surface area contributed by atoms with E-state index >= 15 is 0 Å². The van der Waals surface area contributed by atoms with Crippen molar-refractivity contribution in [1.29, 1.82) is 0 Å². The first-order chi connectivity index (χ1) is 10.8. The molecular formula is C15H21N3O4S. The summed E-state index contributed by atoms with van der Waals surface area (Å²) in [6.45, 7) is 3.85. The molecule has 0 spiro atoms. The second-order valence-electron chi connectivity index (χ2n) is 6.29. The molecule has 7 nitrogen and oxygen atoms in total. The van der Waals surface area contributed by atoms with E-state index in [1.807, 2.05) is 19.1 Å². The van der Waals surface area contributed by atoms with Gasteiger partial charge in [-0.3, -0.25) is 4.79 Å². The van der Waals surface area contributed by atoms with Gasteiger partial charge in [-0.15, -0.1) is 0 Å². The Morgan fingerprint density at radius 3 is 2.91 bits per heavy atom. The molecule has 1 N–H and O–H groups in total. The lowest BCUT2D eigenvalue weighted by Crippen LogP contribution is -2.35. The topological polar surface area (TPSA) is 88.6 Å². The molecule has 0 unspecified atom stereocenters. The van der Waals surface area contributed by atoms with Crippen LogP contribution >= 0.6 is 0 Å². The molecule has 3 rings (SSSR count). The number of aryl methyl sites for hydroxylation is 1. The van der Waals surface area contributed by atoms with Crippen molar-refractivity contribution in [2.75, 3.05) is 32.5 Å². The van der Waals surface area contributed by atoms with Gasteiger partial charge >= 0.3 is 0 Å². The van der Waals surface area contributed by atoms with Crippen LogP contribution in [0.3, 0.4) is 0 Å². The minimum absolute atomic E-state index is 0.0184. The van der Waals surface area contributed by atoms with Gasteiger partial charge in [0.15, 0.2) is 0 Å². The van der Waals surface area contributed by atoms with Crippen LogP contribution in [-0.2, 0) is 14.8 Å². The van der Waals surface area contributed by atoms with Gasteiger partial charge in [0, 0.05) is 37.2 Å². The number of carbonyl (C=O) groups excluding carboxylic acids is 1. The van der Waals surface area contributed by atoms with Crippen LogP contribution in [0.2, 0.25) is 0 Å². The normalized spacial score (nSPS) is 27.2. The highest BCUT2D eigenvalue weighted by atomic mass is 32.2. The van der Waals surface area contributed by atoms with E-state index in [0.717, 1.165) is 11.9 Å². The summed E-state index contributed by atoms with van der Waals surface area (Å²) in [6, 6.07) is 5.39. The largest absolute Gasteiger partial charge is 0.376 e. The van der Waals surface area contributed by atoms with E-state index in [9.17, 15) is 13.2 Å². The van der Waals surface area contributed by atoms with Gasteiger partial charge in [-0.05, 0) is 19.1 Å². The smallest absolute Gasteiger partial charge is 0.272 e. The Kier molecular flexibility index (Phi) is 4.39. The Bertz CT molecular complexity index is 706. The average molecular weight is 339 g/mol. The molecule has 8 heteroatoms. The van der Waals surface area contributed by atoms with Gasteiger partial charge in [-0.2, -0.15) is 0 Å². The summed E-state index contributed by atoms with van der Waals surface area (Å²) in [5.41, 5.74) is 1.25. The Balaban J connectivity index is 1.65. The molecule has 1 amide bonds. The minimum Gasteiger partial charge on any atom is -0.376 e. The monoisotopic (exact) mass is 339 g/mol. The standard InChI is InChI=1S/C15H21N3O4S/c1-10-4-3-5-13(17-10)15(19)18-7-12-11(6-16-23(2,20)21)9-22-14(12)8-18/h3-5,11-12,14,16H,6-9H2,1-2H3/t11-,12-,14-/m0/s1. The maximum Gasteiger partial charge on any atom is 0.272 e. The molecule has 0 aliphatic carbocycles. The number of rotatable bonds is 4. The molecule has 0 radical (unpaired) electrons. The SMILES string of the molecule is Cc1cccc(C(=O)N2C[C@H]3[C@@H](CNS(C)(=O)=O)CO[C@H]3C2)n1. The van der Waals surface area contributed by atoms with Gasteiger partial charge in [0.05, 0.1) is 19.0 Å². The summed E-state index contributed by atoms with van der Waals surface area (Å²) in [5.74, 6) is 0.164. The van der Waals surface area contributed by atoms with Gasteiger partial charge in [0.2, 0.25) is 10.0 Å². The molecule has 0 saturated carbocycles. The summed E-state index contributed by atoms with van der Waals surface area (Å²) >= 11 is 0. The summed E-state index contributed by atoms with van der Waals surface area (Å²) in [6.07, 6.45) is 1.13. The second-order valence-corrected chi connectivity index (χ2v) is 8.12. The van der Waals surface area contributed by atoms with E-state index in [2.05, 4.69) is 9.71 Å². The number of amides is 1. The van der Waals surface area contributed by atoms with Gasteiger partial charge < -0.3 is 9.64 Å². The summed E-state index contributed by atoms with van der Waals surface area (Å²) in [7, 11) is -3.21. The molecule has 126 valence electrons.